The summed E-state index contributed by atoms with van der Waals surface area (Å²) >= 11 is 6.00. The molecule has 0 bridgehead atoms. The van der Waals surface area contributed by atoms with Gasteiger partial charge in [-0.15, -0.1) is 0 Å². The lowest BCUT2D eigenvalue weighted by atomic mass is 10.1. The van der Waals surface area contributed by atoms with Crippen LogP contribution in [0, 0.1) is 5.82 Å². The van der Waals surface area contributed by atoms with E-state index in [0.29, 0.717) is 33.5 Å². The van der Waals surface area contributed by atoms with Crippen LogP contribution < -0.4 is 5.32 Å². The van der Waals surface area contributed by atoms with Crippen molar-refractivity contribution in [2.45, 2.75) is 0 Å². The summed E-state index contributed by atoms with van der Waals surface area (Å²) in [7, 11) is 1.73. The maximum atomic E-state index is 13.9. The van der Waals surface area contributed by atoms with Gasteiger partial charge in [-0.1, -0.05) is 0 Å². The van der Waals surface area contributed by atoms with Gasteiger partial charge < -0.3 is 15.3 Å². The molecule has 0 aliphatic carbocycles. The Morgan fingerprint density at radius 1 is 1.27 bits per heavy atom. The van der Waals surface area contributed by atoms with Crippen molar-refractivity contribution in [3.8, 4) is 11.4 Å². The molecule has 0 amide bonds. The van der Waals surface area contributed by atoms with E-state index in [1.165, 1.54) is 12.1 Å². The summed E-state index contributed by atoms with van der Waals surface area (Å²) in [4.78, 5) is 18.7. The summed E-state index contributed by atoms with van der Waals surface area (Å²) in [6.07, 6.45) is 3.25. The number of fused-ring (bicyclic) bond motifs is 3. The van der Waals surface area contributed by atoms with Gasteiger partial charge in [-0.2, -0.15) is 4.98 Å². The molecule has 0 aliphatic rings. The molecule has 0 saturated carbocycles. The molecule has 0 spiro atoms. The molecule has 3 aromatic heterocycles. The molecule has 22 heavy (non-hydrogen) atoms. The second-order valence-electron chi connectivity index (χ2n) is 4.77. The lowest BCUT2D eigenvalue weighted by molar-refractivity contribution is 0.630. The molecule has 3 N–H and O–H groups in total. The molecule has 0 unspecified atom stereocenters. The second-order valence-corrected chi connectivity index (χ2v) is 5.11. The molecule has 0 fully saturated rings. The van der Waals surface area contributed by atoms with E-state index in [2.05, 4.69) is 30.2 Å². The van der Waals surface area contributed by atoms with Crippen LogP contribution >= 0.6 is 11.6 Å². The monoisotopic (exact) mass is 316 g/mol. The summed E-state index contributed by atoms with van der Waals surface area (Å²) in [6, 6.07) is 2.86. The van der Waals surface area contributed by atoms with Crippen LogP contribution in [0.25, 0.3) is 33.3 Å². The zero-order valence-electron chi connectivity index (χ0n) is 11.4. The Balaban J connectivity index is 2.21. The molecule has 0 atom stereocenters. The van der Waals surface area contributed by atoms with Crippen molar-refractivity contribution in [3.05, 3.63) is 35.8 Å². The summed E-state index contributed by atoms with van der Waals surface area (Å²) in [5.41, 5.74) is 3.08. The Kier molecular flexibility index (Phi) is 2.77. The van der Waals surface area contributed by atoms with Crippen molar-refractivity contribution in [2.24, 2.45) is 0 Å². The highest BCUT2D eigenvalue weighted by Gasteiger charge is 2.18. The molecule has 4 rings (SSSR count). The van der Waals surface area contributed by atoms with E-state index < -0.39 is 0 Å². The van der Waals surface area contributed by atoms with E-state index in [1.807, 2.05) is 0 Å². The smallest absolute Gasteiger partial charge is 0.224 e. The van der Waals surface area contributed by atoms with Gasteiger partial charge in [0.05, 0.1) is 22.9 Å². The minimum Gasteiger partial charge on any atom is -0.386 e. The van der Waals surface area contributed by atoms with Crippen molar-refractivity contribution in [1.82, 2.24) is 24.9 Å². The van der Waals surface area contributed by atoms with Crippen LogP contribution in [-0.4, -0.2) is 32.0 Å². The average molecular weight is 317 g/mol. The number of imidazole rings is 1. The number of benzene rings is 1. The fourth-order valence-corrected chi connectivity index (χ4v) is 2.78. The fourth-order valence-electron chi connectivity index (χ4n) is 2.61. The number of aromatic nitrogens is 5. The van der Waals surface area contributed by atoms with Crippen LogP contribution in [0.15, 0.2) is 24.7 Å². The Morgan fingerprint density at radius 3 is 2.86 bits per heavy atom. The van der Waals surface area contributed by atoms with E-state index in [-0.39, 0.29) is 11.1 Å². The molecule has 8 heteroatoms. The predicted octanol–water partition coefficient (Wildman–Crippen LogP) is 3.34. The molecule has 0 saturated heterocycles. The number of nitrogens with zero attached hydrogens (tertiary/aromatic N) is 3. The molecule has 0 aliphatic heterocycles. The topological polar surface area (TPSA) is 82.3 Å². The van der Waals surface area contributed by atoms with E-state index >= 15 is 0 Å². The summed E-state index contributed by atoms with van der Waals surface area (Å²) in [5.74, 6) is -0.347. The normalized spacial score (nSPS) is 11.4. The number of halogens is 2. The highest BCUT2D eigenvalue weighted by molar-refractivity contribution is 6.29. The summed E-state index contributed by atoms with van der Waals surface area (Å²) in [5, 5.41) is 4.42. The molecule has 6 nitrogen and oxygen atoms in total. The van der Waals surface area contributed by atoms with Crippen LogP contribution in [0.4, 0.5) is 10.1 Å². The zero-order valence-corrected chi connectivity index (χ0v) is 12.2. The first-order valence-electron chi connectivity index (χ1n) is 6.52. The van der Waals surface area contributed by atoms with Crippen molar-refractivity contribution in [3.63, 3.8) is 0 Å². The number of anilines is 1. The van der Waals surface area contributed by atoms with Gasteiger partial charge in [-0.25, -0.2) is 14.4 Å². The van der Waals surface area contributed by atoms with Crippen LogP contribution in [0.1, 0.15) is 0 Å². The highest BCUT2D eigenvalue weighted by atomic mass is 35.5. The summed E-state index contributed by atoms with van der Waals surface area (Å²) < 4.78 is 13.9. The van der Waals surface area contributed by atoms with Crippen molar-refractivity contribution in [2.75, 3.05) is 12.4 Å². The van der Waals surface area contributed by atoms with E-state index in [4.69, 9.17) is 11.6 Å². The Hall–Kier alpha value is -2.67. The minimum absolute atomic E-state index is 0.100. The third-order valence-corrected chi connectivity index (χ3v) is 3.68. The minimum atomic E-state index is -0.347. The van der Waals surface area contributed by atoms with E-state index in [1.54, 1.807) is 19.6 Å². The van der Waals surface area contributed by atoms with Gasteiger partial charge in [-0.05, 0) is 23.7 Å². The number of hydrogen-bond donors (Lipinski definition) is 3. The van der Waals surface area contributed by atoms with Crippen molar-refractivity contribution >= 4 is 39.2 Å². The maximum Gasteiger partial charge on any atom is 0.224 e. The molecule has 110 valence electrons. The van der Waals surface area contributed by atoms with Crippen LogP contribution in [0.2, 0.25) is 5.28 Å². The van der Waals surface area contributed by atoms with Gasteiger partial charge in [0.1, 0.15) is 22.9 Å². The van der Waals surface area contributed by atoms with Crippen molar-refractivity contribution < 1.29 is 4.39 Å². The van der Waals surface area contributed by atoms with E-state index in [0.717, 1.165) is 5.52 Å². The SMILES string of the molecule is CNc1cc(F)cc2c1[nH]c1nc(Cl)nc(-c3c[nH]cn3)c12. The first-order chi connectivity index (χ1) is 10.7. The number of hydrogen-bond acceptors (Lipinski definition) is 4. The van der Waals surface area contributed by atoms with Crippen LogP contribution in [0.3, 0.4) is 0 Å². The Bertz CT molecular complexity index is 992. The standard InChI is InChI=1S/C14H10ClFN6/c1-17-8-3-6(16)2-7-10-12(9-4-18-5-19-9)21-14(15)22-13(10)20-11(7)8/h2-5,17H,1H3,(H,18,19)(H,20,21,22). The number of H-pyrrole nitrogens is 2. The lowest BCUT2D eigenvalue weighted by Gasteiger charge is -2.03. The van der Waals surface area contributed by atoms with Gasteiger partial charge in [0, 0.05) is 18.6 Å². The van der Waals surface area contributed by atoms with E-state index in [9.17, 15) is 4.39 Å². The third kappa shape index (κ3) is 1.82. The third-order valence-electron chi connectivity index (χ3n) is 3.51. The molecule has 0 radical (unpaired) electrons. The molecular weight excluding hydrogens is 307 g/mol. The molecule has 1 aromatic carbocycles. The van der Waals surface area contributed by atoms with Crippen molar-refractivity contribution in [1.29, 1.82) is 0 Å². The second kappa shape index (κ2) is 4.67. The van der Waals surface area contributed by atoms with Gasteiger partial charge >= 0.3 is 0 Å². The Morgan fingerprint density at radius 2 is 2.14 bits per heavy atom. The van der Waals surface area contributed by atoms with Gasteiger partial charge in [-0.3, -0.25) is 0 Å². The highest BCUT2D eigenvalue weighted by Crippen LogP contribution is 2.35. The van der Waals surface area contributed by atoms with Gasteiger partial charge in [0.2, 0.25) is 5.28 Å². The Labute approximate surface area is 128 Å². The molecule has 3 heterocycles. The first kappa shape index (κ1) is 13.0. The number of nitrogens with one attached hydrogen (secondary N) is 3. The number of aromatic amines is 2. The fraction of sp³-hybridized carbons (Fsp3) is 0.0714. The largest absolute Gasteiger partial charge is 0.386 e. The maximum absolute atomic E-state index is 13.9. The quantitative estimate of drug-likeness (QED) is 0.495. The van der Waals surface area contributed by atoms with Gasteiger partial charge in [0.25, 0.3) is 0 Å². The number of rotatable bonds is 2. The molecule has 4 aromatic rings. The van der Waals surface area contributed by atoms with Gasteiger partial charge in [0.15, 0.2) is 0 Å². The zero-order chi connectivity index (χ0) is 15.3. The van der Waals surface area contributed by atoms with Crippen LogP contribution in [-0.2, 0) is 0 Å². The predicted molar refractivity (Wildman–Crippen MR) is 83.5 cm³/mol. The van der Waals surface area contributed by atoms with Crippen LogP contribution in [0.5, 0.6) is 0 Å². The molecular formula is C14H10ClFN6. The average Bonchev–Trinajstić information content (AvgIpc) is 3.12. The summed E-state index contributed by atoms with van der Waals surface area (Å²) in [6.45, 7) is 0. The lowest BCUT2D eigenvalue weighted by Crippen LogP contribution is -1.91. The first-order valence-corrected chi connectivity index (χ1v) is 6.90.